The number of hydrogen-bond donors (Lipinski definition) is 1. The summed E-state index contributed by atoms with van der Waals surface area (Å²) in [4.78, 5) is 23.0. The number of rotatable bonds is 5. The van der Waals surface area contributed by atoms with Crippen molar-refractivity contribution < 1.29 is 4.79 Å². The lowest BCUT2D eigenvalue weighted by Crippen LogP contribution is -2.30. The van der Waals surface area contributed by atoms with E-state index in [2.05, 4.69) is 15.3 Å². The Labute approximate surface area is 157 Å². The molecule has 0 aliphatic heterocycles. The SMILES string of the molecule is CN(CC(=O)Nc1ccc(-n2cnc3ccccc32)nc1)c1ccccc1. The second kappa shape index (κ2) is 7.29. The van der Waals surface area contributed by atoms with E-state index in [9.17, 15) is 4.79 Å². The molecule has 0 fully saturated rings. The number of para-hydroxylation sites is 3. The third kappa shape index (κ3) is 3.64. The van der Waals surface area contributed by atoms with Crippen molar-refractivity contribution in [3.05, 3.63) is 79.3 Å². The summed E-state index contributed by atoms with van der Waals surface area (Å²) >= 11 is 0. The van der Waals surface area contributed by atoms with Gasteiger partial charge in [-0.2, -0.15) is 0 Å². The first-order chi connectivity index (χ1) is 13.2. The van der Waals surface area contributed by atoms with Gasteiger partial charge in [0.25, 0.3) is 0 Å². The molecule has 2 heterocycles. The van der Waals surface area contributed by atoms with Crippen LogP contribution in [0.5, 0.6) is 0 Å². The van der Waals surface area contributed by atoms with Gasteiger partial charge < -0.3 is 10.2 Å². The average Bonchev–Trinajstić information content (AvgIpc) is 3.13. The highest BCUT2D eigenvalue weighted by molar-refractivity contribution is 5.93. The molecule has 1 N–H and O–H groups in total. The number of carbonyl (C=O) groups excluding carboxylic acids is 1. The summed E-state index contributed by atoms with van der Waals surface area (Å²) in [5.74, 6) is 0.659. The normalized spacial score (nSPS) is 10.7. The van der Waals surface area contributed by atoms with E-state index in [-0.39, 0.29) is 12.5 Å². The highest BCUT2D eigenvalue weighted by Crippen LogP contribution is 2.17. The summed E-state index contributed by atoms with van der Waals surface area (Å²) in [7, 11) is 1.89. The van der Waals surface area contributed by atoms with Crippen LogP contribution in [-0.2, 0) is 4.79 Å². The Kier molecular flexibility index (Phi) is 4.53. The summed E-state index contributed by atoms with van der Waals surface area (Å²) in [6.07, 6.45) is 3.41. The Hall–Kier alpha value is -3.67. The zero-order chi connectivity index (χ0) is 18.6. The molecular formula is C21H19N5O. The van der Waals surface area contributed by atoms with Crippen LogP contribution < -0.4 is 10.2 Å². The van der Waals surface area contributed by atoms with Crippen LogP contribution in [0.2, 0.25) is 0 Å². The van der Waals surface area contributed by atoms with E-state index in [1.54, 1.807) is 12.5 Å². The number of hydrogen-bond acceptors (Lipinski definition) is 4. The molecule has 4 aromatic rings. The molecule has 27 heavy (non-hydrogen) atoms. The predicted octanol–water partition coefficient (Wildman–Crippen LogP) is 3.50. The largest absolute Gasteiger partial charge is 0.365 e. The van der Waals surface area contributed by atoms with E-state index in [4.69, 9.17) is 0 Å². The molecule has 6 nitrogen and oxygen atoms in total. The van der Waals surface area contributed by atoms with Gasteiger partial charge in [-0.25, -0.2) is 9.97 Å². The fraction of sp³-hybridized carbons (Fsp3) is 0.0952. The number of likely N-dealkylation sites (N-methyl/N-ethyl adjacent to an activating group) is 1. The van der Waals surface area contributed by atoms with Gasteiger partial charge in [-0.3, -0.25) is 9.36 Å². The molecule has 0 radical (unpaired) electrons. The number of fused-ring (bicyclic) bond motifs is 1. The zero-order valence-electron chi connectivity index (χ0n) is 14.9. The van der Waals surface area contributed by atoms with Crippen LogP contribution in [0.4, 0.5) is 11.4 Å². The fourth-order valence-electron chi connectivity index (χ4n) is 2.93. The van der Waals surface area contributed by atoms with Crippen molar-refractivity contribution in [1.29, 1.82) is 0 Å². The number of carbonyl (C=O) groups is 1. The van der Waals surface area contributed by atoms with Gasteiger partial charge in [0.1, 0.15) is 12.1 Å². The number of anilines is 2. The van der Waals surface area contributed by atoms with Crippen molar-refractivity contribution in [3.8, 4) is 5.82 Å². The number of benzene rings is 2. The topological polar surface area (TPSA) is 63.1 Å². The van der Waals surface area contributed by atoms with E-state index in [1.807, 2.05) is 83.2 Å². The molecule has 2 aromatic heterocycles. The Morgan fingerprint density at radius 1 is 1.00 bits per heavy atom. The average molecular weight is 357 g/mol. The number of amides is 1. The van der Waals surface area contributed by atoms with Crippen molar-refractivity contribution in [3.63, 3.8) is 0 Å². The van der Waals surface area contributed by atoms with Crippen molar-refractivity contribution in [2.24, 2.45) is 0 Å². The standard InChI is InChI=1S/C21H19N5O/c1-25(17-7-3-2-4-8-17)14-21(27)24-16-11-12-20(22-13-16)26-15-23-18-9-5-6-10-19(18)26/h2-13,15H,14H2,1H3,(H,24,27). The summed E-state index contributed by atoms with van der Waals surface area (Å²) < 4.78 is 1.92. The maximum absolute atomic E-state index is 12.3. The van der Waals surface area contributed by atoms with Gasteiger partial charge in [0, 0.05) is 12.7 Å². The van der Waals surface area contributed by atoms with Gasteiger partial charge in [-0.15, -0.1) is 0 Å². The molecule has 0 unspecified atom stereocenters. The second-order valence-corrected chi connectivity index (χ2v) is 6.25. The molecule has 4 rings (SSSR count). The van der Waals surface area contributed by atoms with Crippen LogP contribution in [0.1, 0.15) is 0 Å². The van der Waals surface area contributed by atoms with Gasteiger partial charge in [0.2, 0.25) is 5.91 Å². The number of nitrogens with one attached hydrogen (secondary N) is 1. The molecular weight excluding hydrogens is 338 g/mol. The number of aromatic nitrogens is 3. The van der Waals surface area contributed by atoms with E-state index >= 15 is 0 Å². The van der Waals surface area contributed by atoms with Crippen LogP contribution in [0.25, 0.3) is 16.9 Å². The maximum atomic E-state index is 12.3. The fourth-order valence-corrected chi connectivity index (χ4v) is 2.93. The first kappa shape index (κ1) is 16.8. The molecule has 1 amide bonds. The summed E-state index contributed by atoms with van der Waals surface area (Å²) in [6, 6.07) is 21.4. The minimum Gasteiger partial charge on any atom is -0.365 e. The first-order valence-electron chi connectivity index (χ1n) is 8.65. The highest BCUT2D eigenvalue weighted by atomic mass is 16.2. The molecule has 0 aliphatic rings. The minimum absolute atomic E-state index is 0.0935. The third-order valence-electron chi connectivity index (χ3n) is 4.31. The summed E-state index contributed by atoms with van der Waals surface area (Å²) in [5, 5.41) is 2.88. The van der Waals surface area contributed by atoms with Crippen molar-refractivity contribution in [2.45, 2.75) is 0 Å². The Balaban J connectivity index is 1.44. The molecule has 0 aliphatic carbocycles. The molecule has 0 bridgehead atoms. The van der Waals surface area contributed by atoms with E-state index in [0.29, 0.717) is 5.69 Å². The Morgan fingerprint density at radius 3 is 2.56 bits per heavy atom. The van der Waals surface area contributed by atoms with Gasteiger partial charge in [-0.1, -0.05) is 30.3 Å². The molecule has 0 atom stereocenters. The lowest BCUT2D eigenvalue weighted by molar-refractivity contribution is -0.114. The first-order valence-corrected chi connectivity index (χ1v) is 8.65. The van der Waals surface area contributed by atoms with E-state index in [1.165, 1.54) is 0 Å². The maximum Gasteiger partial charge on any atom is 0.243 e. The van der Waals surface area contributed by atoms with Gasteiger partial charge in [0.05, 0.1) is 29.5 Å². The minimum atomic E-state index is -0.0935. The zero-order valence-corrected chi connectivity index (χ0v) is 14.9. The smallest absolute Gasteiger partial charge is 0.243 e. The van der Waals surface area contributed by atoms with Gasteiger partial charge >= 0.3 is 0 Å². The van der Waals surface area contributed by atoms with Crippen LogP contribution in [0, 0.1) is 0 Å². The third-order valence-corrected chi connectivity index (χ3v) is 4.31. The van der Waals surface area contributed by atoms with Crippen LogP contribution in [-0.4, -0.2) is 34.0 Å². The molecule has 2 aromatic carbocycles. The van der Waals surface area contributed by atoms with E-state index < -0.39 is 0 Å². The molecule has 0 saturated carbocycles. The molecule has 134 valence electrons. The summed E-state index contributed by atoms with van der Waals surface area (Å²) in [5.41, 5.74) is 3.56. The van der Waals surface area contributed by atoms with Crippen molar-refractivity contribution >= 4 is 28.3 Å². The summed E-state index contributed by atoms with van der Waals surface area (Å²) in [6.45, 7) is 0.262. The quantitative estimate of drug-likeness (QED) is 0.594. The Bertz CT molecular complexity index is 1060. The van der Waals surface area contributed by atoms with E-state index in [0.717, 1.165) is 22.5 Å². The van der Waals surface area contributed by atoms with Gasteiger partial charge in [-0.05, 0) is 36.4 Å². The highest BCUT2D eigenvalue weighted by Gasteiger charge is 2.09. The molecule has 6 heteroatoms. The Morgan fingerprint density at radius 2 is 1.78 bits per heavy atom. The number of nitrogens with zero attached hydrogens (tertiary/aromatic N) is 4. The number of imidazole rings is 1. The van der Waals surface area contributed by atoms with Gasteiger partial charge in [0.15, 0.2) is 0 Å². The number of pyridine rings is 1. The lowest BCUT2D eigenvalue weighted by atomic mass is 10.3. The van der Waals surface area contributed by atoms with Crippen molar-refractivity contribution in [1.82, 2.24) is 14.5 Å². The lowest BCUT2D eigenvalue weighted by Gasteiger charge is -2.18. The predicted molar refractivity (Wildman–Crippen MR) is 107 cm³/mol. The van der Waals surface area contributed by atoms with Crippen molar-refractivity contribution in [2.75, 3.05) is 23.8 Å². The molecule has 0 spiro atoms. The molecule has 0 saturated heterocycles. The monoisotopic (exact) mass is 357 g/mol. The second-order valence-electron chi connectivity index (χ2n) is 6.25. The van der Waals surface area contributed by atoms with Crippen LogP contribution in [0.15, 0.2) is 79.3 Å². The van der Waals surface area contributed by atoms with Crippen LogP contribution >= 0.6 is 0 Å². The van der Waals surface area contributed by atoms with Crippen LogP contribution in [0.3, 0.4) is 0 Å².